The van der Waals surface area contributed by atoms with Crippen molar-refractivity contribution in [3.63, 3.8) is 0 Å². The second-order valence-electron chi connectivity index (χ2n) is 5.82. The first kappa shape index (κ1) is 18.3. The molecular formula is C20H20N4O3. The van der Waals surface area contributed by atoms with Crippen LogP contribution in [0.1, 0.15) is 23.2 Å². The van der Waals surface area contributed by atoms with Gasteiger partial charge >= 0.3 is 0 Å². The van der Waals surface area contributed by atoms with E-state index in [9.17, 15) is 9.59 Å². The highest BCUT2D eigenvalue weighted by atomic mass is 16.5. The topological polar surface area (TPSA) is 86.1 Å². The molecule has 2 aromatic heterocycles. The lowest BCUT2D eigenvalue weighted by molar-refractivity contribution is 0.0952. The third-order valence-electron chi connectivity index (χ3n) is 3.85. The van der Waals surface area contributed by atoms with Gasteiger partial charge in [0.1, 0.15) is 5.75 Å². The molecule has 3 aromatic rings. The van der Waals surface area contributed by atoms with E-state index < -0.39 is 0 Å². The van der Waals surface area contributed by atoms with E-state index in [-0.39, 0.29) is 11.5 Å². The standard InChI is InChI=1S/C20H20N4O3/c25-19-6-4-13-23-24(19)17-7-9-18(10-8-17)27-14-2-1-12-22-20(26)16-5-3-11-21-15-16/h3-11,13,15H,1-2,12,14H2,(H,22,26). The summed E-state index contributed by atoms with van der Waals surface area (Å²) in [5, 5.41) is 6.89. The molecule has 27 heavy (non-hydrogen) atoms. The van der Waals surface area contributed by atoms with Gasteiger partial charge in [-0.05, 0) is 55.3 Å². The summed E-state index contributed by atoms with van der Waals surface area (Å²) < 4.78 is 7.02. The molecule has 1 N–H and O–H groups in total. The fraction of sp³-hybridized carbons (Fsp3) is 0.200. The Kier molecular flexibility index (Phi) is 6.30. The lowest BCUT2D eigenvalue weighted by Crippen LogP contribution is -2.24. The summed E-state index contributed by atoms with van der Waals surface area (Å²) in [6, 6.07) is 13.7. The number of aromatic nitrogens is 3. The summed E-state index contributed by atoms with van der Waals surface area (Å²) >= 11 is 0. The highest BCUT2D eigenvalue weighted by molar-refractivity contribution is 5.93. The van der Waals surface area contributed by atoms with E-state index in [0.717, 1.165) is 18.6 Å². The van der Waals surface area contributed by atoms with Gasteiger partial charge in [-0.1, -0.05) is 0 Å². The summed E-state index contributed by atoms with van der Waals surface area (Å²) in [5.41, 5.74) is 1.06. The first-order valence-corrected chi connectivity index (χ1v) is 8.70. The van der Waals surface area contributed by atoms with Crippen LogP contribution in [-0.2, 0) is 0 Å². The molecule has 0 aliphatic rings. The van der Waals surface area contributed by atoms with Gasteiger partial charge in [0.2, 0.25) is 0 Å². The van der Waals surface area contributed by atoms with Crippen LogP contribution in [0.15, 0.2) is 71.9 Å². The van der Waals surface area contributed by atoms with E-state index in [1.807, 2.05) is 0 Å². The molecule has 7 nitrogen and oxygen atoms in total. The van der Waals surface area contributed by atoms with Crippen LogP contribution in [0.4, 0.5) is 0 Å². The maximum absolute atomic E-state index is 11.9. The minimum absolute atomic E-state index is 0.121. The van der Waals surface area contributed by atoms with Gasteiger partial charge < -0.3 is 10.1 Å². The SMILES string of the molecule is O=C(NCCCCOc1ccc(-n2ncccc2=O)cc1)c1cccnc1. The van der Waals surface area contributed by atoms with Crippen LogP contribution < -0.4 is 15.6 Å². The number of carbonyl (C=O) groups is 1. The number of rotatable bonds is 8. The molecule has 1 amide bonds. The first-order valence-electron chi connectivity index (χ1n) is 8.70. The van der Waals surface area contributed by atoms with Crippen LogP contribution in [0, 0.1) is 0 Å². The Morgan fingerprint density at radius 1 is 1.04 bits per heavy atom. The van der Waals surface area contributed by atoms with Crippen molar-refractivity contribution in [3.8, 4) is 11.4 Å². The van der Waals surface area contributed by atoms with Gasteiger partial charge in [0.25, 0.3) is 11.5 Å². The Morgan fingerprint density at radius 2 is 1.85 bits per heavy atom. The minimum atomic E-state index is -0.181. The van der Waals surface area contributed by atoms with Crippen molar-refractivity contribution in [2.24, 2.45) is 0 Å². The molecule has 1 aromatic carbocycles. The van der Waals surface area contributed by atoms with Crippen molar-refractivity contribution in [3.05, 3.63) is 83.0 Å². The highest BCUT2D eigenvalue weighted by Gasteiger charge is 2.04. The van der Waals surface area contributed by atoms with E-state index in [4.69, 9.17) is 4.74 Å². The maximum atomic E-state index is 11.9. The fourth-order valence-corrected chi connectivity index (χ4v) is 2.45. The number of ether oxygens (including phenoxy) is 1. The average molecular weight is 364 g/mol. The number of pyridine rings is 1. The van der Waals surface area contributed by atoms with Gasteiger partial charge in [0.05, 0.1) is 17.9 Å². The molecule has 0 unspecified atom stereocenters. The second kappa shape index (κ2) is 9.28. The smallest absolute Gasteiger partial charge is 0.271 e. The van der Waals surface area contributed by atoms with Gasteiger partial charge in [-0.3, -0.25) is 14.6 Å². The molecule has 0 fully saturated rings. The molecule has 0 aliphatic carbocycles. The lowest BCUT2D eigenvalue weighted by Gasteiger charge is -2.08. The van der Waals surface area contributed by atoms with Crippen LogP contribution in [-0.4, -0.2) is 33.8 Å². The first-order chi connectivity index (χ1) is 13.2. The normalized spacial score (nSPS) is 10.4. The molecule has 0 aliphatic heterocycles. The van der Waals surface area contributed by atoms with E-state index in [2.05, 4.69) is 15.4 Å². The van der Waals surface area contributed by atoms with Crippen molar-refractivity contribution in [1.29, 1.82) is 0 Å². The Labute approximate surface area is 156 Å². The number of carbonyl (C=O) groups excluding carboxylic acids is 1. The zero-order valence-electron chi connectivity index (χ0n) is 14.7. The van der Waals surface area contributed by atoms with Crippen LogP contribution in [0.2, 0.25) is 0 Å². The quantitative estimate of drug-likeness (QED) is 0.620. The predicted octanol–water partition coefficient (Wildman–Crippen LogP) is 2.22. The van der Waals surface area contributed by atoms with Crippen LogP contribution in [0.25, 0.3) is 5.69 Å². The molecule has 2 heterocycles. The van der Waals surface area contributed by atoms with Gasteiger partial charge in [-0.25, -0.2) is 0 Å². The summed E-state index contributed by atoms with van der Waals surface area (Å²) in [6.07, 6.45) is 6.37. The zero-order chi connectivity index (χ0) is 18.9. The molecule has 0 spiro atoms. The summed E-state index contributed by atoms with van der Waals surface area (Å²) in [6.45, 7) is 1.13. The van der Waals surface area contributed by atoms with Crippen molar-refractivity contribution in [2.75, 3.05) is 13.2 Å². The van der Waals surface area contributed by atoms with Crippen molar-refractivity contribution >= 4 is 5.91 Å². The third-order valence-corrected chi connectivity index (χ3v) is 3.85. The van der Waals surface area contributed by atoms with E-state index in [1.54, 1.807) is 61.1 Å². The van der Waals surface area contributed by atoms with Crippen molar-refractivity contribution in [1.82, 2.24) is 20.1 Å². The Hall–Kier alpha value is -3.48. The number of hydrogen-bond acceptors (Lipinski definition) is 5. The number of nitrogens with one attached hydrogen (secondary N) is 1. The maximum Gasteiger partial charge on any atom is 0.271 e. The Balaban J connectivity index is 1.38. The largest absolute Gasteiger partial charge is 0.494 e. The van der Waals surface area contributed by atoms with Crippen LogP contribution >= 0.6 is 0 Å². The summed E-state index contributed by atoms with van der Waals surface area (Å²) in [5.74, 6) is 0.603. The monoisotopic (exact) mass is 364 g/mol. The predicted molar refractivity (Wildman–Crippen MR) is 101 cm³/mol. The summed E-state index contributed by atoms with van der Waals surface area (Å²) in [7, 11) is 0. The number of hydrogen-bond donors (Lipinski definition) is 1. The number of nitrogens with zero attached hydrogens (tertiary/aromatic N) is 3. The fourth-order valence-electron chi connectivity index (χ4n) is 2.45. The molecule has 0 saturated carbocycles. The zero-order valence-corrected chi connectivity index (χ0v) is 14.7. The van der Waals surface area contributed by atoms with Crippen molar-refractivity contribution < 1.29 is 9.53 Å². The molecule has 3 rings (SSSR count). The lowest BCUT2D eigenvalue weighted by atomic mass is 10.2. The molecular weight excluding hydrogens is 344 g/mol. The number of unbranched alkanes of at least 4 members (excludes halogenated alkanes) is 1. The molecule has 0 bridgehead atoms. The molecule has 138 valence electrons. The Bertz CT molecular complexity index is 924. The van der Waals surface area contributed by atoms with Gasteiger partial charge in [-0.2, -0.15) is 9.78 Å². The van der Waals surface area contributed by atoms with E-state index >= 15 is 0 Å². The van der Waals surface area contributed by atoms with Gasteiger partial charge in [0, 0.05) is 31.2 Å². The minimum Gasteiger partial charge on any atom is -0.494 e. The molecule has 0 saturated heterocycles. The average Bonchev–Trinajstić information content (AvgIpc) is 2.72. The number of amides is 1. The number of benzene rings is 1. The van der Waals surface area contributed by atoms with E-state index in [0.29, 0.717) is 24.4 Å². The highest BCUT2D eigenvalue weighted by Crippen LogP contribution is 2.14. The summed E-state index contributed by atoms with van der Waals surface area (Å²) in [4.78, 5) is 27.5. The van der Waals surface area contributed by atoms with Crippen molar-refractivity contribution in [2.45, 2.75) is 12.8 Å². The molecule has 0 atom stereocenters. The van der Waals surface area contributed by atoms with Crippen LogP contribution in [0.3, 0.4) is 0 Å². The molecule has 0 radical (unpaired) electrons. The van der Waals surface area contributed by atoms with Gasteiger partial charge in [0.15, 0.2) is 0 Å². The molecule has 7 heteroatoms. The Morgan fingerprint density at radius 3 is 2.59 bits per heavy atom. The third kappa shape index (κ3) is 5.24. The van der Waals surface area contributed by atoms with E-state index in [1.165, 1.54) is 10.7 Å². The van der Waals surface area contributed by atoms with Crippen LogP contribution in [0.5, 0.6) is 5.75 Å². The van der Waals surface area contributed by atoms with Gasteiger partial charge in [-0.15, -0.1) is 0 Å². The second-order valence-corrected chi connectivity index (χ2v) is 5.82.